The summed E-state index contributed by atoms with van der Waals surface area (Å²) in [6.07, 6.45) is 1.82. The van der Waals surface area contributed by atoms with E-state index in [1.165, 1.54) is 0 Å². The minimum absolute atomic E-state index is 0.237. The standard InChI is InChI=1S/C26H23N5O/c1-18(2)31-17-27-23-25(29-24(30-26(23)31)19-9-5-3-6-10-19)28-20-13-15-22(16-14-20)32-21-11-7-4-8-12-21/h3-18H,1-2H3,(H,28,29,30). The zero-order valence-electron chi connectivity index (χ0n) is 17.9. The molecule has 2 aromatic heterocycles. The molecule has 0 aliphatic rings. The molecular formula is C26H23N5O. The number of para-hydroxylation sites is 1. The third kappa shape index (κ3) is 4.03. The molecule has 5 aromatic rings. The number of nitrogens with zero attached hydrogens (tertiary/aromatic N) is 4. The lowest BCUT2D eigenvalue weighted by atomic mass is 10.2. The first-order valence-corrected chi connectivity index (χ1v) is 10.6. The van der Waals surface area contributed by atoms with Crippen LogP contribution >= 0.6 is 0 Å². The topological polar surface area (TPSA) is 64.9 Å². The van der Waals surface area contributed by atoms with E-state index in [4.69, 9.17) is 14.7 Å². The van der Waals surface area contributed by atoms with Gasteiger partial charge in [0.05, 0.1) is 6.33 Å². The van der Waals surface area contributed by atoms with Gasteiger partial charge in [0.15, 0.2) is 22.8 Å². The molecule has 2 heterocycles. The highest BCUT2D eigenvalue weighted by Crippen LogP contribution is 2.29. The number of hydrogen-bond donors (Lipinski definition) is 1. The van der Waals surface area contributed by atoms with Gasteiger partial charge in [0, 0.05) is 17.3 Å². The van der Waals surface area contributed by atoms with Crippen LogP contribution in [-0.2, 0) is 0 Å². The first kappa shape index (κ1) is 19.8. The Morgan fingerprint density at radius 1 is 0.781 bits per heavy atom. The Labute approximate surface area is 186 Å². The average Bonchev–Trinajstić information content (AvgIpc) is 3.26. The predicted octanol–water partition coefficient (Wildman–Crippen LogP) is 6.61. The SMILES string of the molecule is CC(C)n1cnc2c(Nc3ccc(Oc4ccccc4)cc3)nc(-c3ccccc3)nc21. The second-order valence-electron chi connectivity index (χ2n) is 7.74. The number of anilines is 2. The fourth-order valence-electron chi connectivity index (χ4n) is 3.47. The lowest BCUT2D eigenvalue weighted by Crippen LogP contribution is -2.03. The van der Waals surface area contributed by atoms with Crippen molar-refractivity contribution in [3.63, 3.8) is 0 Å². The molecule has 6 heteroatoms. The number of fused-ring (bicyclic) bond motifs is 1. The molecule has 0 amide bonds. The molecule has 0 atom stereocenters. The number of benzene rings is 3. The number of ether oxygens (including phenoxy) is 1. The summed E-state index contributed by atoms with van der Waals surface area (Å²) in [5.41, 5.74) is 3.40. The Hall–Kier alpha value is -4.19. The molecule has 0 aliphatic carbocycles. The number of aromatic nitrogens is 4. The Morgan fingerprint density at radius 2 is 1.44 bits per heavy atom. The van der Waals surface area contributed by atoms with Crippen molar-refractivity contribution in [1.82, 2.24) is 19.5 Å². The quantitative estimate of drug-likeness (QED) is 0.334. The maximum absolute atomic E-state index is 5.89. The summed E-state index contributed by atoms with van der Waals surface area (Å²) < 4.78 is 7.95. The van der Waals surface area contributed by atoms with E-state index >= 15 is 0 Å². The van der Waals surface area contributed by atoms with Gasteiger partial charge < -0.3 is 14.6 Å². The third-order valence-electron chi connectivity index (χ3n) is 5.11. The largest absolute Gasteiger partial charge is 0.457 e. The van der Waals surface area contributed by atoms with E-state index in [1.54, 1.807) is 0 Å². The summed E-state index contributed by atoms with van der Waals surface area (Å²) in [6, 6.07) is 27.7. The van der Waals surface area contributed by atoms with Gasteiger partial charge >= 0.3 is 0 Å². The van der Waals surface area contributed by atoms with Crippen LogP contribution in [0, 0.1) is 0 Å². The molecule has 0 radical (unpaired) electrons. The molecular weight excluding hydrogens is 398 g/mol. The van der Waals surface area contributed by atoms with Gasteiger partial charge in [-0.2, -0.15) is 0 Å². The van der Waals surface area contributed by atoms with Gasteiger partial charge in [0.25, 0.3) is 0 Å². The van der Waals surface area contributed by atoms with E-state index in [1.807, 2.05) is 91.3 Å². The van der Waals surface area contributed by atoms with Crippen molar-refractivity contribution in [2.45, 2.75) is 19.9 Å². The summed E-state index contributed by atoms with van der Waals surface area (Å²) in [4.78, 5) is 14.2. The van der Waals surface area contributed by atoms with E-state index in [2.05, 4.69) is 28.7 Å². The van der Waals surface area contributed by atoms with Crippen LogP contribution in [0.3, 0.4) is 0 Å². The first-order valence-electron chi connectivity index (χ1n) is 10.6. The molecule has 0 unspecified atom stereocenters. The van der Waals surface area contributed by atoms with Crippen molar-refractivity contribution in [2.75, 3.05) is 5.32 Å². The lowest BCUT2D eigenvalue weighted by Gasteiger charge is -2.12. The highest BCUT2D eigenvalue weighted by Gasteiger charge is 2.16. The van der Waals surface area contributed by atoms with Crippen molar-refractivity contribution in [2.24, 2.45) is 0 Å². The van der Waals surface area contributed by atoms with Crippen LogP contribution in [0.1, 0.15) is 19.9 Å². The van der Waals surface area contributed by atoms with E-state index in [9.17, 15) is 0 Å². The van der Waals surface area contributed by atoms with Gasteiger partial charge in [-0.3, -0.25) is 0 Å². The molecule has 158 valence electrons. The summed E-state index contributed by atoms with van der Waals surface area (Å²) in [6.45, 7) is 4.23. The fourth-order valence-corrected chi connectivity index (χ4v) is 3.47. The highest BCUT2D eigenvalue weighted by molar-refractivity contribution is 5.87. The van der Waals surface area contributed by atoms with Crippen LogP contribution in [0.2, 0.25) is 0 Å². The molecule has 0 saturated carbocycles. The normalized spacial score (nSPS) is 11.1. The molecule has 0 spiro atoms. The van der Waals surface area contributed by atoms with Crippen molar-refractivity contribution in [1.29, 1.82) is 0 Å². The van der Waals surface area contributed by atoms with E-state index < -0.39 is 0 Å². The monoisotopic (exact) mass is 421 g/mol. The maximum atomic E-state index is 5.89. The Kier molecular flexibility index (Phi) is 5.25. The summed E-state index contributed by atoms with van der Waals surface area (Å²) >= 11 is 0. The van der Waals surface area contributed by atoms with E-state index in [-0.39, 0.29) is 6.04 Å². The minimum atomic E-state index is 0.237. The van der Waals surface area contributed by atoms with Gasteiger partial charge in [0.2, 0.25) is 0 Å². The maximum Gasteiger partial charge on any atom is 0.166 e. The van der Waals surface area contributed by atoms with E-state index in [0.29, 0.717) is 11.6 Å². The molecule has 32 heavy (non-hydrogen) atoms. The van der Waals surface area contributed by atoms with Crippen LogP contribution in [-0.4, -0.2) is 19.5 Å². The Balaban J connectivity index is 1.49. The van der Waals surface area contributed by atoms with Gasteiger partial charge in [-0.15, -0.1) is 0 Å². The summed E-state index contributed by atoms with van der Waals surface area (Å²) in [5, 5.41) is 3.42. The van der Waals surface area contributed by atoms with Crippen LogP contribution in [0.15, 0.2) is 91.3 Å². The zero-order valence-corrected chi connectivity index (χ0v) is 17.9. The van der Waals surface area contributed by atoms with E-state index in [0.717, 1.165) is 33.9 Å². The Bertz CT molecular complexity index is 1330. The molecule has 3 aromatic carbocycles. The number of imidazole rings is 1. The molecule has 0 bridgehead atoms. The first-order chi connectivity index (χ1) is 15.7. The van der Waals surface area contributed by atoms with Crippen molar-refractivity contribution in [3.05, 3.63) is 91.3 Å². The summed E-state index contributed by atoms with van der Waals surface area (Å²) in [5.74, 6) is 2.90. The van der Waals surface area contributed by atoms with Gasteiger partial charge in [-0.05, 0) is 50.2 Å². The zero-order chi connectivity index (χ0) is 21.9. The highest BCUT2D eigenvalue weighted by atomic mass is 16.5. The van der Waals surface area contributed by atoms with Gasteiger partial charge in [-0.25, -0.2) is 15.0 Å². The van der Waals surface area contributed by atoms with Crippen LogP contribution in [0.5, 0.6) is 11.5 Å². The fraction of sp³-hybridized carbons (Fsp3) is 0.115. The molecule has 0 fully saturated rings. The molecule has 0 saturated heterocycles. The van der Waals surface area contributed by atoms with Crippen LogP contribution in [0.4, 0.5) is 11.5 Å². The van der Waals surface area contributed by atoms with Crippen LogP contribution in [0.25, 0.3) is 22.6 Å². The average molecular weight is 422 g/mol. The lowest BCUT2D eigenvalue weighted by molar-refractivity contribution is 0.483. The van der Waals surface area contributed by atoms with Crippen molar-refractivity contribution in [3.8, 4) is 22.9 Å². The summed E-state index contributed by atoms with van der Waals surface area (Å²) in [7, 11) is 0. The molecule has 6 nitrogen and oxygen atoms in total. The van der Waals surface area contributed by atoms with Gasteiger partial charge in [0.1, 0.15) is 11.5 Å². The van der Waals surface area contributed by atoms with Crippen LogP contribution < -0.4 is 10.1 Å². The Morgan fingerprint density at radius 3 is 2.12 bits per heavy atom. The molecule has 5 rings (SSSR count). The second-order valence-corrected chi connectivity index (χ2v) is 7.74. The van der Waals surface area contributed by atoms with Crippen molar-refractivity contribution < 1.29 is 4.74 Å². The molecule has 0 aliphatic heterocycles. The minimum Gasteiger partial charge on any atom is -0.457 e. The number of nitrogens with one attached hydrogen (secondary N) is 1. The van der Waals surface area contributed by atoms with Crippen molar-refractivity contribution >= 4 is 22.7 Å². The molecule has 1 N–H and O–H groups in total. The van der Waals surface area contributed by atoms with Gasteiger partial charge in [-0.1, -0.05) is 48.5 Å². The predicted molar refractivity (Wildman–Crippen MR) is 127 cm³/mol. The third-order valence-corrected chi connectivity index (χ3v) is 5.11. The number of rotatable bonds is 6. The second kappa shape index (κ2) is 8.51. The number of hydrogen-bond acceptors (Lipinski definition) is 5. The smallest absolute Gasteiger partial charge is 0.166 e.